The summed E-state index contributed by atoms with van der Waals surface area (Å²) in [5, 5.41) is 11.3. The first-order valence-corrected chi connectivity index (χ1v) is 11.5. The number of nitrogens with one attached hydrogen (secondary N) is 1. The maximum Gasteiger partial charge on any atom is 0.303 e. The number of carbonyl (C=O) groups excluding carboxylic acids is 2. The molecule has 0 aliphatic carbocycles. The number of carbonyl (C=O) groups is 3. The van der Waals surface area contributed by atoms with Gasteiger partial charge in [0.05, 0.1) is 19.1 Å². The van der Waals surface area contributed by atoms with Gasteiger partial charge in [0.2, 0.25) is 5.91 Å². The molecule has 10 heteroatoms. The Bertz CT molecular complexity index is 887. The summed E-state index contributed by atoms with van der Waals surface area (Å²) in [6.07, 6.45) is 4.86. The van der Waals surface area contributed by atoms with Crippen LogP contribution in [-0.2, 0) is 14.4 Å². The maximum absolute atomic E-state index is 12.8. The largest absolute Gasteiger partial charge is 0.493 e. The third kappa shape index (κ3) is 7.83. The summed E-state index contributed by atoms with van der Waals surface area (Å²) in [5.74, 6) is 0.132. The molecular formula is C22H28N2O6S2. The number of rotatable bonds is 13. The lowest BCUT2D eigenvalue weighted by Gasteiger charge is -2.14. The van der Waals surface area contributed by atoms with Crippen molar-refractivity contribution in [2.24, 2.45) is 0 Å². The van der Waals surface area contributed by atoms with Gasteiger partial charge in [-0.25, -0.2) is 0 Å². The van der Waals surface area contributed by atoms with Crippen LogP contribution in [0.3, 0.4) is 0 Å². The standard InChI is InChI=1S/C22H28N2O6S2/c1-29-16-10-9-15(13-17(16)30-2)14-18-21(28)24(22(31)32-18)12-5-3-4-7-19(25)23-11-6-8-20(26)27/h9-10,13-14H,3-8,11-12H2,1-2H3,(H,23,25)(H,26,27)/b18-14-. The van der Waals surface area contributed by atoms with E-state index in [1.165, 1.54) is 11.8 Å². The lowest BCUT2D eigenvalue weighted by Crippen LogP contribution is -2.29. The molecule has 32 heavy (non-hydrogen) atoms. The van der Waals surface area contributed by atoms with Crippen LogP contribution in [0.5, 0.6) is 11.5 Å². The maximum atomic E-state index is 12.8. The molecule has 0 aromatic heterocycles. The molecule has 0 radical (unpaired) electrons. The molecule has 0 saturated carbocycles. The highest BCUT2D eigenvalue weighted by molar-refractivity contribution is 8.26. The van der Waals surface area contributed by atoms with Crippen LogP contribution in [-0.4, -0.2) is 59.4 Å². The van der Waals surface area contributed by atoms with Crippen molar-refractivity contribution in [2.45, 2.75) is 38.5 Å². The van der Waals surface area contributed by atoms with E-state index in [2.05, 4.69) is 5.32 Å². The van der Waals surface area contributed by atoms with E-state index in [0.29, 0.717) is 53.1 Å². The van der Waals surface area contributed by atoms with Gasteiger partial charge >= 0.3 is 5.97 Å². The number of nitrogens with zero attached hydrogens (tertiary/aromatic N) is 1. The van der Waals surface area contributed by atoms with Crippen molar-refractivity contribution in [3.8, 4) is 11.5 Å². The molecule has 1 fully saturated rings. The van der Waals surface area contributed by atoms with E-state index in [1.54, 1.807) is 37.3 Å². The number of carboxylic acid groups (broad SMARTS) is 1. The number of thioether (sulfide) groups is 1. The molecule has 0 bridgehead atoms. The molecule has 1 aromatic carbocycles. The van der Waals surface area contributed by atoms with Crippen LogP contribution in [0.1, 0.15) is 44.1 Å². The molecule has 1 aliphatic rings. The van der Waals surface area contributed by atoms with Gasteiger partial charge in [0, 0.05) is 25.9 Å². The van der Waals surface area contributed by atoms with Gasteiger partial charge < -0.3 is 19.9 Å². The Hall–Kier alpha value is -2.59. The smallest absolute Gasteiger partial charge is 0.303 e. The average Bonchev–Trinajstić information content (AvgIpc) is 3.03. The summed E-state index contributed by atoms with van der Waals surface area (Å²) in [6, 6.07) is 5.44. The molecule has 1 aliphatic heterocycles. The van der Waals surface area contributed by atoms with Crippen molar-refractivity contribution in [1.29, 1.82) is 0 Å². The Morgan fingerprint density at radius 3 is 2.56 bits per heavy atom. The van der Waals surface area contributed by atoms with Gasteiger partial charge in [-0.1, -0.05) is 36.5 Å². The normalized spacial score (nSPS) is 14.7. The lowest BCUT2D eigenvalue weighted by molar-refractivity contribution is -0.137. The number of carboxylic acids is 1. The van der Waals surface area contributed by atoms with Crippen molar-refractivity contribution in [1.82, 2.24) is 10.2 Å². The molecular weight excluding hydrogens is 452 g/mol. The van der Waals surface area contributed by atoms with Crippen LogP contribution in [0.15, 0.2) is 23.1 Å². The topological polar surface area (TPSA) is 105 Å². The van der Waals surface area contributed by atoms with Gasteiger partial charge in [-0.3, -0.25) is 19.3 Å². The third-order valence-corrected chi connectivity index (χ3v) is 6.13. The molecule has 1 heterocycles. The number of thiocarbonyl (C=S) groups is 1. The van der Waals surface area contributed by atoms with E-state index in [1.807, 2.05) is 6.07 Å². The Balaban J connectivity index is 1.77. The van der Waals surface area contributed by atoms with Crippen LogP contribution >= 0.6 is 24.0 Å². The number of ether oxygens (including phenoxy) is 2. The Morgan fingerprint density at radius 2 is 1.88 bits per heavy atom. The van der Waals surface area contributed by atoms with Gasteiger partial charge in [0.25, 0.3) is 5.91 Å². The monoisotopic (exact) mass is 480 g/mol. The summed E-state index contributed by atoms with van der Waals surface area (Å²) in [7, 11) is 3.13. The SMILES string of the molecule is COc1ccc(/C=C2\SC(=S)N(CCCCCC(=O)NCCCC(=O)O)C2=O)cc1OC. The average molecular weight is 481 g/mol. The second kappa shape index (κ2) is 13.1. The van der Waals surface area contributed by atoms with E-state index in [-0.39, 0.29) is 18.2 Å². The summed E-state index contributed by atoms with van der Waals surface area (Å²) in [5.41, 5.74) is 0.817. The molecule has 0 spiro atoms. The Kier molecular flexibility index (Phi) is 10.5. The zero-order valence-corrected chi connectivity index (χ0v) is 19.9. The fourth-order valence-corrected chi connectivity index (χ4v) is 4.38. The van der Waals surface area contributed by atoms with Crippen LogP contribution in [0.4, 0.5) is 0 Å². The molecule has 1 aromatic rings. The van der Waals surface area contributed by atoms with Crippen molar-refractivity contribution in [2.75, 3.05) is 27.3 Å². The zero-order valence-electron chi connectivity index (χ0n) is 18.2. The summed E-state index contributed by atoms with van der Waals surface area (Å²) < 4.78 is 11.1. The number of aliphatic carboxylic acids is 1. The van der Waals surface area contributed by atoms with Gasteiger partial charge in [-0.05, 0) is 43.0 Å². The van der Waals surface area contributed by atoms with Gasteiger partial charge in [0.15, 0.2) is 11.5 Å². The summed E-state index contributed by atoms with van der Waals surface area (Å²) >= 11 is 6.65. The quantitative estimate of drug-likeness (QED) is 0.251. The number of benzene rings is 1. The molecule has 174 valence electrons. The molecule has 2 rings (SSSR count). The molecule has 2 N–H and O–H groups in total. The third-order valence-electron chi connectivity index (χ3n) is 4.75. The second-order valence-electron chi connectivity index (χ2n) is 7.11. The van der Waals surface area contributed by atoms with Gasteiger partial charge in [-0.15, -0.1) is 0 Å². The predicted molar refractivity (Wildman–Crippen MR) is 128 cm³/mol. The van der Waals surface area contributed by atoms with Gasteiger partial charge in [-0.2, -0.15) is 0 Å². The Morgan fingerprint density at radius 1 is 1.12 bits per heavy atom. The van der Waals surface area contributed by atoms with Crippen molar-refractivity contribution in [3.05, 3.63) is 28.7 Å². The minimum atomic E-state index is -0.867. The number of hydrogen-bond donors (Lipinski definition) is 2. The van der Waals surface area contributed by atoms with E-state index >= 15 is 0 Å². The van der Waals surface area contributed by atoms with E-state index < -0.39 is 5.97 Å². The van der Waals surface area contributed by atoms with E-state index in [0.717, 1.165) is 18.4 Å². The number of amides is 2. The molecule has 0 atom stereocenters. The van der Waals surface area contributed by atoms with Crippen LogP contribution in [0.2, 0.25) is 0 Å². The molecule has 2 amide bonds. The minimum absolute atomic E-state index is 0.0461. The number of unbranched alkanes of at least 4 members (excludes halogenated alkanes) is 2. The fourth-order valence-electron chi connectivity index (χ4n) is 3.07. The highest BCUT2D eigenvalue weighted by atomic mass is 32.2. The first kappa shape index (κ1) is 25.7. The second-order valence-corrected chi connectivity index (χ2v) is 8.78. The first-order valence-electron chi connectivity index (χ1n) is 10.3. The minimum Gasteiger partial charge on any atom is -0.493 e. The van der Waals surface area contributed by atoms with Crippen LogP contribution < -0.4 is 14.8 Å². The molecule has 1 saturated heterocycles. The zero-order chi connectivity index (χ0) is 23.5. The summed E-state index contributed by atoms with van der Waals surface area (Å²) in [6.45, 7) is 0.877. The van der Waals surface area contributed by atoms with Gasteiger partial charge in [0.1, 0.15) is 4.32 Å². The number of methoxy groups -OCH3 is 2. The van der Waals surface area contributed by atoms with E-state index in [4.69, 9.17) is 26.8 Å². The van der Waals surface area contributed by atoms with Crippen molar-refractivity contribution in [3.63, 3.8) is 0 Å². The first-order chi connectivity index (χ1) is 15.3. The summed E-state index contributed by atoms with van der Waals surface area (Å²) in [4.78, 5) is 37.1. The molecule has 8 nitrogen and oxygen atoms in total. The van der Waals surface area contributed by atoms with E-state index in [9.17, 15) is 14.4 Å². The van der Waals surface area contributed by atoms with Crippen molar-refractivity contribution < 1.29 is 29.0 Å². The highest BCUT2D eigenvalue weighted by Crippen LogP contribution is 2.34. The Labute approximate surface area is 197 Å². The van der Waals surface area contributed by atoms with Crippen LogP contribution in [0.25, 0.3) is 6.08 Å². The number of hydrogen-bond acceptors (Lipinski definition) is 7. The highest BCUT2D eigenvalue weighted by Gasteiger charge is 2.31. The lowest BCUT2D eigenvalue weighted by atomic mass is 10.1. The van der Waals surface area contributed by atoms with Crippen LogP contribution in [0, 0.1) is 0 Å². The predicted octanol–water partition coefficient (Wildman–Crippen LogP) is 3.45. The molecule has 0 unspecified atom stereocenters. The van der Waals surface area contributed by atoms with Crippen molar-refractivity contribution >= 4 is 52.2 Å². The fraction of sp³-hybridized carbons (Fsp3) is 0.455.